The Balaban J connectivity index is 2.28. The van der Waals surface area contributed by atoms with Crippen molar-refractivity contribution in [2.24, 2.45) is 5.73 Å². The SMILES string of the molecule is CC1CN(c2cc(CN)cc(C(C)C)n2)CCCO1. The van der Waals surface area contributed by atoms with Gasteiger partial charge in [0.25, 0.3) is 0 Å². The van der Waals surface area contributed by atoms with E-state index in [1.807, 2.05) is 0 Å². The van der Waals surface area contributed by atoms with Crippen molar-refractivity contribution in [1.29, 1.82) is 0 Å². The Morgan fingerprint density at radius 2 is 2.26 bits per heavy atom. The van der Waals surface area contributed by atoms with Gasteiger partial charge >= 0.3 is 0 Å². The molecular weight excluding hydrogens is 238 g/mol. The van der Waals surface area contributed by atoms with E-state index in [4.69, 9.17) is 15.5 Å². The average Bonchev–Trinajstić information content (AvgIpc) is 2.62. The first kappa shape index (κ1) is 14.3. The smallest absolute Gasteiger partial charge is 0.129 e. The van der Waals surface area contributed by atoms with E-state index in [0.717, 1.165) is 43.2 Å². The maximum absolute atomic E-state index is 5.80. The molecular formula is C15H25N3O. The minimum Gasteiger partial charge on any atom is -0.377 e. The Bertz CT molecular complexity index is 420. The Kier molecular flexibility index (Phi) is 4.77. The largest absolute Gasteiger partial charge is 0.377 e. The molecule has 1 aromatic rings. The molecule has 1 fully saturated rings. The van der Waals surface area contributed by atoms with Gasteiger partial charge in [0.15, 0.2) is 0 Å². The van der Waals surface area contributed by atoms with Crippen LogP contribution in [0.15, 0.2) is 12.1 Å². The molecule has 1 atom stereocenters. The fourth-order valence-electron chi connectivity index (χ4n) is 2.37. The van der Waals surface area contributed by atoms with Crippen LogP contribution in [-0.4, -0.2) is 30.8 Å². The van der Waals surface area contributed by atoms with Crippen LogP contribution in [0.5, 0.6) is 0 Å². The highest BCUT2D eigenvalue weighted by Gasteiger charge is 2.17. The number of hydrogen-bond donors (Lipinski definition) is 1. The molecule has 0 bridgehead atoms. The topological polar surface area (TPSA) is 51.4 Å². The number of aromatic nitrogens is 1. The first-order chi connectivity index (χ1) is 9.10. The predicted octanol–water partition coefficient (Wildman–Crippen LogP) is 2.28. The van der Waals surface area contributed by atoms with Gasteiger partial charge in [-0.1, -0.05) is 13.8 Å². The Morgan fingerprint density at radius 3 is 2.95 bits per heavy atom. The van der Waals surface area contributed by atoms with Gasteiger partial charge in [-0.25, -0.2) is 4.98 Å². The fourth-order valence-corrected chi connectivity index (χ4v) is 2.37. The number of ether oxygens (including phenoxy) is 1. The molecule has 1 aliphatic heterocycles. The van der Waals surface area contributed by atoms with E-state index in [9.17, 15) is 0 Å². The average molecular weight is 263 g/mol. The molecule has 2 N–H and O–H groups in total. The van der Waals surface area contributed by atoms with E-state index < -0.39 is 0 Å². The summed E-state index contributed by atoms with van der Waals surface area (Å²) in [4.78, 5) is 7.12. The van der Waals surface area contributed by atoms with Crippen molar-refractivity contribution < 1.29 is 4.74 Å². The lowest BCUT2D eigenvalue weighted by molar-refractivity contribution is 0.0820. The first-order valence-corrected chi connectivity index (χ1v) is 7.17. The molecule has 1 aliphatic rings. The number of anilines is 1. The monoisotopic (exact) mass is 263 g/mol. The van der Waals surface area contributed by atoms with E-state index in [0.29, 0.717) is 12.5 Å². The second-order valence-corrected chi connectivity index (χ2v) is 5.60. The Hall–Kier alpha value is -1.13. The summed E-state index contributed by atoms with van der Waals surface area (Å²) in [5.41, 5.74) is 8.08. The molecule has 0 saturated carbocycles. The van der Waals surface area contributed by atoms with E-state index in [-0.39, 0.29) is 6.10 Å². The maximum atomic E-state index is 5.80. The van der Waals surface area contributed by atoms with Crippen LogP contribution in [0.1, 0.15) is 44.4 Å². The summed E-state index contributed by atoms with van der Waals surface area (Å²) in [6.45, 7) is 9.76. The lowest BCUT2D eigenvalue weighted by Gasteiger charge is -2.24. The fraction of sp³-hybridized carbons (Fsp3) is 0.667. The van der Waals surface area contributed by atoms with Gasteiger partial charge in [0.05, 0.1) is 6.10 Å². The van der Waals surface area contributed by atoms with Crippen LogP contribution in [-0.2, 0) is 11.3 Å². The zero-order valence-electron chi connectivity index (χ0n) is 12.2. The summed E-state index contributed by atoms with van der Waals surface area (Å²) in [5, 5.41) is 0. The lowest BCUT2D eigenvalue weighted by Crippen LogP contribution is -2.31. The predicted molar refractivity (Wildman–Crippen MR) is 78.5 cm³/mol. The summed E-state index contributed by atoms with van der Waals surface area (Å²) in [7, 11) is 0. The Morgan fingerprint density at radius 1 is 1.47 bits per heavy atom. The van der Waals surface area contributed by atoms with E-state index in [1.165, 1.54) is 0 Å². The van der Waals surface area contributed by atoms with Crippen molar-refractivity contribution in [2.75, 3.05) is 24.6 Å². The van der Waals surface area contributed by atoms with Crippen molar-refractivity contribution in [3.8, 4) is 0 Å². The molecule has 1 unspecified atom stereocenters. The van der Waals surface area contributed by atoms with Crippen LogP contribution < -0.4 is 10.6 Å². The number of rotatable bonds is 3. The van der Waals surface area contributed by atoms with Gasteiger partial charge in [0.2, 0.25) is 0 Å². The van der Waals surface area contributed by atoms with Gasteiger partial charge in [-0.3, -0.25) is 0 Å². The molecule has 1 aromatic heterocycles. The molecule has 0 amide bonds. The van der Waals surface area contributed by atoms with Crippen molar-refractivity contribution in [3.05, 3.63) is 23.4 Å². The highest BCUT2D eigenvalue weighted by atomic mass is 16.5. The molecule has 0 radical (unpaired) electrons. The number of nitrogens with two attached hydrogens (primary N) is 1. The van der Waals surface area contributed by atoms with Crippen LogP contribution in [0.3, 0.4) is 0 Å². The molecule has 106 valence electrons. The molecule has 0 aromatic carbocycles. The van der Waals surface area contributed by atoms with Gasteiger partial charge in [-0.2, -0.15) is 0 Å². The summed E-state index contributed by atoms with van der Waals surface area (Å²) >= 11 is 0. The van der Waals surface area contributed by atoms with E-state index >= 15 is 0 Å². The zero-order valence-corrected chi connectivity index (χ0v) is 12.2. The second kappa shape index (κ2) is 6.35. The van der Waals surface area contributed by atoms with Gasteiger partial charge in [-0.05, 0) is 37.0 Å². The third kappa shape index (κ3) is 3.67. The molecule has 19 heavy (non-hydrogen) atoms. The summed E-state index contributed by atoms with van der Waals surface area (Å²) < 4.78 is 5.69. The van der Waals surface area contributed by atoms with Crippen molar-refractivity contribution in [1.82, 2.24) is 4.98 Å². The highest BCUT2D eigenvalue weighted by Crippen LogP contribution is 2.22. The minimum atomic E-state index is 0.258. The van der Waals surface area contributed by atoms with Gasteiger partial charge in [0, 0.05) is 31.9 Å². The number of hydrogen-bond acceptors (Lipinski definition) is 4. The van der Waals surface area contributed by atoms with Gasteiger partial charge < -0.3 is 15.4 Å². The summed E-state index contributed by atoms with van der Waals surface area (Å²) in [6, 6.07) is 4.23. The van der Waals surface area contributed by atoms with Crippen LogP contribution in [0, 0.1) is 0 Å². The van der Waals surface area contributed by atoms with Crippen molar-refractivity contribution in [2.45, 2.75) is 45.8 Å². The zero-order chi connectivity index (χ0) is 13.8. The number of pyridine rings is 1. The standard InChI is InChI=1S/C15H25N3O/c1-11(2)14-7-13(9-16)8-15(17-14)18-5-4-6-19-12(3)10-18/h7-8,11-12H,4-6,9-10,16H2,1-3H3. The lowest BCUT2D eigenvalue weighted by atomic mass is 10.1. The third-order valence-electron chi connectivity index (χ3n) is 3.49. The van der Waals surface area contributed by atoms with Crippen LogP contribution in [0.4, 0.5) is 5.82 Å². The first-order valence-electron chi connectivity index (χ1n) is 7.17. The molecule has 1 saturated heterocycles. The number of nitrogens with zero attached hydrogens (tertiary/aromatic N) is 2. The quantitative estimate of drug-likeness (QED) is 0.909. The van der Waals surface area contributed by atoms with Crippen LogP contribution in [0.25, 0.3) is 0 Å². The molecule has 0 spiro atoms. The third-order valence-corrected chi connectivity index (χ3v) is 3.49. The maximum Gasteiger partial charge on any atom is 0.129 e. The summed E-state index contributed by atoms with van der Waals surface area (Å²) in [5.74, 6) is 1.47. The summed E-state index contributed by atoms with van der Waals surface area (Å²) in [6.07, 6.45) is 1.31. The van der Waals surface area contributed by atoms with Gasteiger partial charge in [-0.15, -0.1) is 0 Å². The van der Waals surface area contributed by atoms with Crippen LogP contribution in [0.2, 0.25) is 0 Å². The highest BCUT2D eigenvalue weighted by molar-refractivity contribution is 5.43. The Labute approximate surface area is 116 Å². The van der Waals surface area contributed by atoms with Gasteiger partial charge in [0.1, 0.15) is 5.82 Å². The molecule has 2 rings (SSSR count). The molecule has 0 aliphatic carbocycles. The van der Waals surface area contributed by atoms with E-state index in [1.54, 1.807) is 0 Å². The minimum absolute atomic E-state index is 0.258. The molecule has 2 heterocycles. The second-order valence-electron chi connectivity index (χ2n) is 5.60. The normalized spacial score (nSPS) is 20.7. The van der Waals surface area contributed by atoms with Crippen molar-refractivity contribution in [3.63, 3.8) is 0 Å². The molecule has 4 heteroatoms. The van der Waals surface area contributed by atoms with Crippen LogP contribution >= 0.6 is 0 Å². The molecule has 4 nitrogen and oxygen atoms in total. The van der Waals surface area contributed by atoms with E-state index in [2.05, 4.69) is 37.8 Å². The van der Waals surface area contributed by atoms with Crippen molar-refractivity contribution >= 4 is 5.82 Å².